The van der Waals surface area contributed by atoms with Gasteiger partial charge in [0.25, 0.3) is 0 Å². The van der Waals surface area contributed by atoms with Gasteiger partial charge in [0.1, 0.15) is 0 Å². The van der Waals surface area contributed by atoms with Crippen molar-refractivity contribution in [3.63, 3.8) is 0 Å². The summed E-state index contributed by atoms with van der Waals surface area (Å²) in [5.74, 6) is 0.161. The Morgan fingerprint density at radius 1 is 1.29 bits per heavy atom. The van der Waals surface area contributed by atoms with Crippen molar-refractivity contribution in [1.29, 1.82) is 0 Å². The van der Waals surface area contributed by atoms with E-state index in [0.29, 0.717) is 18.1 Å². The number of esters is 1. The van der Waals surface area contributed by atoms with Gasteiger partial charge in [-0.15, -0.1) is 0 Å². The van der Waals surface area contributed by atoms with Crippen molar-refractivity contribution >= 4 is 11.5 Å². The Labute approximate surface area is 103 Å². The van der Waals surface area contributed by atoms with Crippen LogP contribution in [0, 0.1) is 0 Å². The van der Waals surface area contributed by atoms with Crippen LogP contribution in [0.25, 0.3) is 5.57 Å². The largest absolute Gasteiger partial charge is 0.462 e. The second kappa shape index (κ2) is 6.24. The molecule has 1 aromatic carbocycles. The van der Waals surface area contributed by atoms with Crippen LogP contribution < -0.4 is 0 Å². The van der Waals surface area contributed by atoms with E-state index in [2.05, 4.69) is 20.4 Å². The van der Waals surface area contributed by atoms with Gasteiger partial charge >= 0.3 is 5.97 Å². The minimum Gasteiger partial charge on any atom is -0.462 e. The van der Waals surface area contributed by atoms with Gasteiger partial charge in [-0.3, -0.25) is 0 Å². The predicted octanol–water partition coefficient (Wildman–Crippen LogP) is 3.78. The molecular weight excluding hydrogens is 212 g/mol. The molecule has 0 amide bonds. The van der Waals surface area contributed by atoms with Gasteiger partial charge in [0, 0.05) is 0 Å². The van der Waals surface area contributed by atoms with Crippen LogP contribution in [-0.2, 0) is 9.53 Å². The lowest BCUT2D eigenvalue weighted by Crippen LogP contribution is -2.07. The topological polar surface area (TPSA) is 26.3 Å². The van der Waals surface area contributed by atoms with Crippen molar-refractivity contribution in [1.82, 2.24) is 0 Å². The second-order valence-corrected chi connectivity index (χ2v) is 4.39. The van der Waals surface area contributed by atoms with E-state index in [1.165, 1.54) is 5.56 Å². The van der Waals surface area contributed by atoms with E-state index in [1.54, 1.807) is 0 Å². The van der Waals surface area contributed by atoms with Gasteiger partial charge in [-0.2, -0.15) is 0 Å². The average molecular weight is 232 g/mol. The van der Waals surface area contributed by atoms with E-state index in [1.807, 2.05) is 31.2 Å². The summed E-state index contributed by atoms with van der Waals surface area (Å²) < 4.78 is 5.05. The van der Waals surface area contributed by atoms with Crippen molar-refractivity contribution in [3.8, 4) is 0 Å². The van der Waals surface area contributed by atoms with Crippen molar-refractivity contribution in [2.75, 3.05) is 6.61 Å². The lowest BCUT2D eigenvalue weighted by atomic mass is 9.99. The Balaban J connectivity index is 2.72. The molecule has 0 N–H and O–H groups in total. The van der Waals surface area contributed by atoms with Crippen LogP contribution in [0.1, 0.15) is 44.2 Å². The number of carbonyl (C=O) groups is 1. The summed E-state index contributed by atoms with van der Waals surface area (Å²) >= 11 is 0. The number of benzene rings is 1. The monoisotopic (exact) mass is 232 g/mol. The van der Waals surface area contributed by atoms with Gasteiger partial charge < -0.3 is 4.74 Å². The van der Waals surface area contributed by atoms with E-state index in [0.717, 1.165) is 12.0 Å². The molecule has 0 saturated carbocycles. The lowest BCUT2D eigenvalue weighted by Gasteiger charge is -2.09. The molecule has 0 radical (unpaired) electrons. The van der Waals surface area contributed by atoms with Crippen molar-refractivity contribution in [2.45, 2.75) is 33.1 Å². The van der Waals surface area contributed by atoms with Crippen LogP contribution >= 0.6 is 0 Å². The number of hydrogen-bond donors (Lipinski definition) is 0. The fourth-order valence-corrected chi connectivity index (χ4v) is 1.47. The molecule has 0 saturated heterocycles. The predicted molar refractivity (Wildman–Crippen MR) is 70.8 cm³/mol. The molecule has 92 valence electrons. The van der Waals surface area contributed by atoms with Gasteiger partial charge in [0.2, 0.25) is 0 Å². The van der Waals surface area contributed by atoms with Crippen molar-refractivity contribution in [2.24, 2.45) is 0 Å². The molecule has 0 fully saturated rings. The van der Waals surface area contributed by atoms with Crippen LogP contribution in [0.3, 0.4) is 0 Å². The van der Waals surface area contributed by atoms with Gasteiger partial charge in [-0.25, -0.2) is 4.79 Å². The minimum atomic E-state index is -0.329. The molecule has 2 heteroatoms. The summed E-state index contributed by atoms with van der Waals surface area (Å²) in [6, 6.07) is 7.90. The molecule has 1 aromatic rings. The zero-order chi connectivity index (χ0) is 12.8. The molecule has 0 unspecified atom stereocenters. The summed E-state index contributed by atoms with van der Waals surface area (Å²) in [5, 5.41) is 0. The minimum absolute atomic E-state index is 0.329. The Kier molecular flexibility index (Phi) is 4.95. The number of ether oxygens (including phenoxy) is 1. The summed E-state index contributed by atoms with van der Waals surface area (Å²) in [6.07, 6.45) is 0.825. The molecule has 17 heavy (non-hydrogen) atoms. The van der Waals surface area contributed by atoms with Gasteiger partial charge in [-0.05, 0) is 23.5 Å². The molecule has 0 aliphatic heterocycles. The van der Waals surface area contributed by atoms with Gasteiger partial charge in [-0.1, -0.05) is 51.6 Å². The molecule has 0 aliphatic rings. The van der Waals surface area contributed by atoms with Crippen LogP contribution in [0.15, 0.2) is 30.8 Å². The third-order valence-electron chi connectivity index (χ3n) is 2.61. The summed E-state index contributed by atoms with van der Waals surface area (Å²) in [4.78, 5) is 11.6. The first-order chi connectivity index (χ1) is 8.06. The molecular formula is C15H20O2. The smallest absolute Gasteiger partial charge is 0.338 e. The quantitative estimate of drug-likeness (QED) is 0.570. The van der Waals surface area contributed by atoms with Crippen molar-refractivity contribution in [3.05, 3.63) is 42.0 Å². The van der Waals surface area contributed by atoms with E-state index in [-0.39, 0.29) is 5.97 Å². The highest BCUT2D eigenvalue weighted by atomic mass is 16.5. The van der Waals surface area contributed by atoms with Crippen LogP contribution in [0.5, 0.6) is 0 Å². The lowest BCUT2D eigenvalue weighted by molar-refractivity contribution is -0.136. The van der Waals surface area contributed by atoms with Gasteiger partial charge in [0.15, 0.2) is 0 Å². The zero-order valence-electron chi connectivity index (χ0n) is 10.8. The third kappa shape index (κ3) is 3.74. The fraction of sp³-hybridized carbons (Fsp3) is 0.400. The second-order valence-electron chi connectivity index (χ2n) is 4.39. The maximum Gasteiger partial charge on any atom is 0.338 e. The SMILES string of the molecule is C=C(C(=O)OCCC)c1ccc(C(C)C)cc1. The summed E-state index contributed by atoms with van der Waals surface area (Å²) in [6.45, 7) is 10.5. The van der Waals surface area contributed by atoms with E-state index in [9.17, 15) is 4.79 Å². The maximum absolute atomic E-state index is 11.6. The van der Waals surface area contributed by atoms with E-state index >= 15 is 0 Å². The first-order valence-electron chi connectivity index (χ1n) is 6.02. The highest BCUT2D eigenvalue weighted by Gasteiger charge is 2.10. The maximum atomic E-state index is 11.6. The highest BCUT2D eigenvalue weighted by Crippen LogP contribution is 2.19. The molecule has 0 heterocycles. The molecule has 0 atom stereocenters. The fourth-order valence-electron chi connectivity index (χ4n) is 1.47. The molecule has 0 aromatic heterocycles. The van der Waals surface area contributed by atoms with Crippen LogP contribution in [0.4, 0.5) is 0 Å². The van der Waals surface area contributed by atoms with Crippen LogP contribution in [0.2, 0.25) is 0 Å². The number of rotatable bonds is 5. The normalized spacial score (nSPS) is 10.4. The molecule has 0 bridgehead atoms. The molecule has 0 spiro atoms. The molecule has 1 rings (SSSR count). The zero-order valence-corrected chi connectivity index (χ0v) is 10.8. The first kappa shape index (κ1) is 13.5. The summed E-state index contributed by atoms with van der Waals surface area (Å²) in [5.41, 5.74) is 2.51. The Morgan fingerprint density at radius 2 is 1.88 bits per heavy atom. The van der Waals surface area contributed by atoms with Gasteiger partial charge in [0.05, 0.1) is 12.2 Å². The number of carbonyl (C=O) groups excluding carboxylic acids is 1. The standard InChI is InChI=1S/C15H20O2/c1-5-10-17-15(16)12(4)14-8-6-13(7-9-14)11(2)3/h6-9,11H,4-5,10H2,1-3H3. The number of hydrogen-bond acceptors (Lipinski definition) is 2. The summed E-state index contributed by atoms with van der Waals surface area (Å²) in [7, 11) is 0. The van der Waals surface area contributed by atoms with E-state index < -0.39 is 0 Å². The molecule has 0 aliphatic carbocycles. The third-order valence-corrected chi connectivity index (χ3v) is 2.61. The Morgan fingerprint density at radius 3 is 2.35 bits per heavy atom. The highest BCUT2D eigenvalue weighted by molar-refractivity contribution is 6.15. The van der Waals surface area contributed by atoms with Crippen molar-refractivity contribution < 1.29 is 9.53 Å². The Bertz CT molecular complexity index is 388. The van der Waals surface area contributed by atoms with E-state index in [4.69, 9.17) is 4.74 Å². The molecule has 2 nitrogen and oxygen atoms in total. The first-order valence-corrected chi connectivity index (χ1v) is 6.02. The van der Waals surface area contributed by atoms with Crippen LogP contribution in [-0.4, -0.2) is 12.6 Å². The Hall–Kier alpha value is -1.57. The average Bonchev–Trinajstić information content (AvgIpc) is 2.35.